The van der Waals surface area contributed by atoms with Crippen molar-refractivity contribution in [2.24, 2.45) is 0 Å². The van der Waals surface area contributed by atoms with E-state index in [-0.39, 0.29) is 11.1 Å². The lowest BCUT2D eigenvalue weighted by Gasteiger charge is -2.21. The number of fused-ring (bicyclic) bond motifs is 2. The van der Waals surface area contributed by atoms with Crippen LogP contribution in [0.1, 0.15) is 22.3 Å². The van der Waals surface area contributed by atoms with Gasteiger partial charge in [0.1, 0.15) is 0 Å². The summed E-state index contributed by atoms with van der Waals surface area (Å²) >= 11 is 0. The molecule has 0 nitrogen and oxygen atoms in total. The SMILES string of the molecule is Cc1ccc(-c2ccc3c(C(F)(F)F)c4cc(-c5ccc(C(F)(F)F)cc5)ccc4c(C(F)(F)F)c3c2)cc1. The third kappa shape index (κ3) is 4.93. The van der Waals surface area contributed by atoms with Gasteiger partial charge in [0.2, 0.25) is 0 Å². The fourth-order valence-corrected chi connectivity index (χ4v) is 4.80. The van der Waals surface area contributed by atoms with E-state index in [0.29, 0.717) is 11.1 Å². The van der Waals surface area contributed by atoms with E-state index >= 15 is 0 Å². The van der Waals surface area contributed by atoms with Crippen LogP contribution in [0.4, 0.5) is 39.5 Å². The molecule has 0 saturated heterocycles. The highest BCUT2D eigenvalue weighted by atomic mass is 19.4. The van der Waals surface area contributed by atoms with E-state index in [1.165, 1.54) is 12.1 Å². The Labute approximate surface area is 216 Å². The first kappa shape index (κ1) is 26.6. The molecule has 9 heteroatoms. The molecular formula is C30H17F9. The largest absolute Gasteiger partial charge is 0.417 e. The van der Waals surface area contributed by atoms with Gasteiger partial charge in [0.15, 0.2) is 0 Å². The molecule has 5 rings (SSSR count). The van der Waals surface area contributed by atoms with Crippen LogP contribution in [0.15, 0.2) is 84.9 Å². The summed E-state index contributed by atoms with van der Waals surface area (Å²) in [5.41, 5.74) is -1.48. The van der Waals surface area contributed by atoms with Gasteiger partial charge in [-0.2, -0.15) is 39.5 Å². The third-order valence-electron chi connectivity index (χ3n) is 6.61. The molecule has 0 aliphatic heterocycles. The summed E-state index contributed by atoms with van der Waals surface area (Å²) in [7, 11) is 0. The van der Waals surface area contributed by atoms with Crippen LogP contribution in [0.25, 0.3) is 43.8 Å². The van der Waals surface area contributed by atoms with Crippen molar-refractivity contribution in [3.05, 3.63) is 107 Å². The van der Waals surface area contributed by atoms with Crippen molar-refractivity contribution < 1.29 is 39.5 Å². The molecule has 200 valence electrons. The van der Waals surface area contributed by atoms with Crippen LogP contribution in [0.5, 0.6) is 0 Å². The molecule has 0 radical (unpaired) electrons. The number of hydrogen-bond donors (Lipinski definition) is 0. The first-order chi connectivity index (χ1) is 18.1. The molecule has 0 aliphatic carbocycles. The molecule has 0 heterocycles. The van der Waals surface area contributed by atoms with Crippen molar-refractivity contribution in [3.8, 4) is 22.3 Å². The van der Waals surface area contributed by atoms with Crippen molar-refractivity contribution in [3.63, 3.8) is 0 Å². The van der Waals surface area contributed by atoms with Crippen molar-refractivity contribution in [2.75, 3.05) is 0 Å². The number of benzene rings is 5. The Morgan fingerprint density at radius 1 is 0.385 bits per heavy atom. The molecule has 0 saturated carbocycles. The van der Waals surface area contributed by atoms with E-state index in [1.807, 2.05) is 6.92 Å². The van der Waals surface area contributed by atoms with Gasteiger partial charge >= 0.3 is 18.5 Å². The van der Waals surface area contributed by atoms with E-state index in [0.717, 1.165) is 54.1 Å². The zero-order valence-electron chi connectivity index (χ0n) is 20.0. The molecule has 0 N–H and O–H groups in total. The molecule has 0 atom stereocenters. The van der Waals surface area contributed by atoms with Gasteiger partial charge in [-0.1, -0.05) is 66.2 Å². The van der Waals surface area contributed by atoms with Crippen molar-refractivity contribution in [1.82, 2.24) is 0 Å². The Kier molecular flexibility index (Phi) is 6.16. The molecule has 5 aromatic carbocycles. The first-order valence-electron chi connectivity index (χ1n) is 11.6. The monoisotopic (exact) mass is 548 g/mol. The fourth-order valence-electron chi connectivity index (χ4n) is 4.80. The molecule has 0 unspecified atom stereocenters. The van der Waals surface area contributed by atoms with Gasteiger partial charge in [0.25, 0.3) is 0 Å². The number of aryl methyl sites for hydroxylation is 1. The highest BCUT2D eigenvalue weighted by Crippen LogP contribution is 2.48. The molecular weight excluding hydrogens is 531 g/mol. The van der Waals surface area contributed by atoms with Crippen LogP contribution in [-0.4, -0.2) is 0 Å². The molecule has 0 fully saturated rings. The van der Waals surface area contributed by atoms with E-state index < -0.39 is 56.8 Å². The maximum atomic E-state index is 14.5. The van der Waals surface area contributed by atoms with Crippen LogP contribution >= 0.6 is 0 Å². The van der Waals surface area contributed by atoms with Gasteiger partial charge in [-0.15, -0.1) is 0 Å². The summed E-state index contributed by atoms with van der Waals surface area (Å²) in [6, 6.07) is 17.0. The molecule has 0 amide bonds. The quantitative estimate of drug-likeness (QED) is 0.152. The molecule has 39 heavy (non-hydrogen) atoms. The average Bonchev–Trinajstić information content (AvgIpc) is 2.85. The second kappa shape index (κ2) is 9.03. The van der Waals surface area contributed by atoms with Crippen LogP contribution in [0.3, 0.4) is 0 Å². The Balaban J connectivity index is 1.83. The average molecular weight is 548 g/mol. The normalized spacial score (nSPS) is 12.9. The van der Waals surface area contributed by atoms with Crippen LogP contribution < -0.4 is 0 Å². The van der Waals surface area contributed by atoms with Gasteiger partial charge in [-0.3, -0.25) is 0 Å². The smallest absolute Gasteiger partial charge is 0.166 e. The topological polar surface area (TPSA) is 0 Å². The summed E-state index contributed by atoms with van der Waals surface area (Å²) in [5.74, 6) is 0. The predicted molar refractivity (Wildman–Crippen MR) is 132 cm³/mol. The van der Waals surface area contributed by atoms with Crippen molar-refractivity contribution in [2.45, 2.75) is 25.5 Å². The lowest BCUT2D eigenvalue weighted by Crippen LogP contribution is -2.13. The van der Waals surface area contributed by atoms with E-state index in [9.17, 15) is 39.5 Å². The zero-order valence-corrected chi connectivity index (χ0v) is 20.0. The second-order valence-corrected chi connectivity index (χ2v) is 9.21. The second-order valence-electron chi connectivity index (χ2n) is 9.21. The highest BCUT2D eigenvalue weighted by Gasteiger charge is 2.41. The van der Waals surface area contributed by atoms with E-state index in [1.54, 1.807) is 24.3 Å². The summed E-state index contributed by atoms with van der Waals surface area (Å²) in [4.78, 5) is 0. The maximum absolute atomic E-state index is 14.5. The minimum atomic E-state index is -5.02. The first-order valence-corrected chi connectivity index (χ1v) is 11.6. The fraction of sp³-hybridized carbons (Fsp3) is 0.133. The van der Waals surface area contributed by atoms with Gasteiger partial charge in [-0.05, 0) is 75.0 Å². The molecule has 0 aliphatic rings. The van der Waals surface area contributed by atoms with E-state index in [4.69, 9.17) is 0 Å². The minimum Gasteiger partial charge on any atom is -0.166 e. The standard InChI is InChI=1S/C30H17F9/c1-16-2-4-17(5-3-16)19-8-12-22-24(14-19)26(29(34,35)36)23-13-9-20(15-25(23)27(22)30(37,38)39)18-6-10-21(11-7-18)28(31,32)33/h2-15H,1H3. The third-order valence-corrected chi connectivity index (χ3v) is 6.61. The van der Waals surface area contributed by atoms with Gasteiger partial charge in [0, 0.05) is 0 Å². The van der Waals surface area contributed by atoms with Crippen LogP contribution in [0, 0.1) is 6.92 Å². The number of alkyl halides is 9. The number of hydrogen-bond acceptors (Lipinski definition) is 0. The molecule has 5 aromatic rings. The Bertz CT molecular complexity index is 1690. The lowest BCUT2D eigenvalue weighted by atomic mass is 9.87. The summed E-state index contributed by atoms with van der Waals surface area (Å²) in [6.45, 7) is 1.83. The predicted octanol–water partition coefficient (Wildman–Crippen LogP) is 10.7. The number of rotatable bonds is 2. The number of halogens is 9. The van der Waals surface area contributed by atoms with Crippen molar-refractivity contribution in [1.29, 1.82) is 0 Å². The summed E-state index contributed by atoms with van der Waals surface area (Å²) in [6.07, 6.45) is -14.6. The van der Waals surface area contributed by atoms with Crippen LogP contribution in [0.2, 0.25) is 0 Å². The zero-order chi connectivity index (χ0) is 28.3. The highest BCUT2D eigenvalue weighted by molar-refractivity contribution is 6.08. The van der Waals surface area contributed by atoms with Gasteiger partial charge in [-0.25, -0.2) is 0 Å². The van der Waals surface area contributed by atoms with E-state index in [2.05, 4.69) is 0 Å². The summed E-state index contributed by atoms with van der Waals surface area (Å²) in [5, 5.41) is -2.56. The van der Waals surface area contributed by atoms with Gasteiger partial charge in [0.05, 0.1) is 16.7 Å². The Morgan fingerprint density at radius 3 is 1.10 bits per heavy atom. The van der Waals surface area contributed by atoms with Gasteiger partial charge < -0.3 is 0 Å². The lowest BCUT2D eigenvalue weighted by molar-refractivity contribution is -0.137. The minimum absolute atomic E-state index is 0.0467. The maximum Gasteiger partial charge on any atom is 0.417 e. The molecule has 0 spiro atoms. The Hall–Kier alpha value is -4.01. The Morgan fingerprint density at radius 2 is 0.744 bits per heavy atom. The molecule has 0 bridgehead atoms. The van der Waals surface area contributed by atoms with Crippen molar-refractivity contribution >= 4 is 21.5 Å². The van der Waals surface area contributed by atoms with Crippen LogP contribution in [-0.2, 0) is 18.5 Å². The molecule has 0 aromatic heterocycles. The summed E-state index contributed by atoms with van der Waals surface area (Å²) < 4.78 is 126.